The lowest BCUT2D eigenvalue weighted by Crippen LogP contribution is -2.40. The molecule has 1 N–H and O–H groups in total. The maximum Gasteiger partial charge on any atom is 0.410 e. The molecule has 1 heterocycles. The van der Waals surface area contributed by atoms with Gasteiger partial charge in [-0.3, -0.25) is 9.36 Å². The van der Waals surface area contributed by atoms with Crippen LogP contribution in [0.3, 0.4) is 0 Å². The van der Waals surface area contributed by atoms with Crippen LogP contribution in [0.4, 0.5) is 10.6 Å². The standard InChI is InChI=1S/C31H37IN4O4/c1-6-8-15-26(35(20-9-7-2)30(39)40-31(3,4)5)22-16-18-24(19-17-22)36-21-25(32)27(34-29(36)38)33-28(37)23-13-11-10-12-14-23/h6,10-14,16-19,21,26H,1,7-9,15,20H2,2-5H3,(H,33,34,37,38)/t26-/m0/s1. The normalized spacial score (nSPS) is 11.9. The largest absolute Gasteiger partial charge is 0.444 e. The van der Waals surface area contributed by atoms with E-state index in [1.54, 1.807) is 35.4 Å². The number of allylic oxidation sites excluding steroid dienone is 1. The van der Waals surface area contributed by atoms with E-state index in [0.717, 1.165) is 24.8 Å². The Bertz CT molecular complexity index is 1360. The molecule has 212 valence electrons. The van der Waals surface area contributed by atoms with Crippen LogP contribution in [0.15, 0.2) is 78.2 Å². The van der Waals surface area contributed by atoms with Gasteiger partial charge in [0.25, 0.3) is 5.91 Å². The number of unbranched alkanes of at least 4 members (excludes halogenated alkanes) is 1. The lowest BCUT2D eigenvalue weighted by molar-refractivity contribution is 0.0145. The van der Waals surface area contributed by atoms with E-state index < -0.39 is 11.3 Å². The molecular weight excluding hydrogens is 619 g/mol. The molecule has 1 atom stereocenters. The second kappa shape index (κ2) is 14.2. The highest BCUT2D eigenvalue weighted by molar-refractivity contribution is 14.1. The highest BCUT2D eigenvalue weighted by Crippen LogP contribution is 2.29. The lowest BCUT2D eigenvalue weighted by atomic mass is 9.99. The highest BCUT2D eigenvalue weighted by atomic mass is 127. The van der Waals surface area contributed by atoms with Crippen molar-refractivity contribution in [2.75, 3.05) is 11.9 Å². The molecule has 0 fully saturated rings. The molecule has 0 aliphatic carbocycles. The molecule has 0 saturated carbocycles. The van der Waals surface area contributed by atoms with E-state index in [-0.39, 0.29) is 23.9 Å². The number of rotatable bonds is 11. The van der Waals surface area contributed by atoms with Crippen molar-refractivity contribution < 1.29 is 14.3 Å². The first-order valence-electron chi connectivity index (χ1n) is 13.4. The highest BCUT2D eigenvalue weighted by Gasteiger charge is 2.29. The summed E-state index contributed by atoms with van der Waals surface area (Å²) in [6.45, 7) is 12.1. The molecule has 0 unspecified atom stereocenters. The van der Waals surface area contributed by atoms with Gasteiger partial charge in [0.05, 0.1) is 15.3 Å². The molecule has 9 heteroatoms. The van der Waals surface area contributed by atoms with E-state index in [4.69, 9.17) is 4.74 Å². The van der Waals surface area contributed by atoms with Crippen LogP contribution in [-0.4, -0.2) is 38.6 Å². The summed E-state index contributed by atoms with van der Waals surface area (Å²) < 4.78 is 7.80. The van der Waals surface area contributed by atoms with Crippen molar-refractivity contribution in [3.63, 3.8) is 0 Å². The fourth-order valence-electron chi connectivity index (χ4n) is 4.13. The molecule has 2 aromatic carbocycles. The fourth-order valence-corrected chi connectivity index (χ4v) is 4.67. The SMILES string of the molecule is C=CCC[C@@H](c1ccc(-n2cc(I)c(NC(=O)c3ccccc3)nc2=O)cc1)N(CCCC)C(=O)OC(C)(C)C. The van der Waals surface area contributed by atoms with Gasteiger partial charge >= 0.3 is 11.8 Å². The Kier molecular flexibility index (Phi) is 11.1. The average Bonchev–Trinajstić information content (AvgIpc) is 2.92. The Hall–Kier alpha value is -3.47. The van der Waals surface area contributed by atoms with Gasteiger partial charge in [0, 0.05) is 18.3 Å². The van der Waals surface area contributed by atoms with Crippen molar-refractivity contribution in [3.05, 3.63) is 98.6 Å². The van der Waals surface area contributed by atoms with Gasteiger partial charge in [-0.05, 0) is 92.5 Å². The van der Waals surface area contributed by atoms with Crippen LogP contribution < -0.4 is 11.0 Å². The van der Waals surface area contributed by atoms with E-state index in [1.165, 1.54) is 4.57 Å². The van der Waals surface area contributed by atoms with E-state index >= 15 is 0 Å². The van der Waals surface area contributed by atoms with Crippen molar-refractivity contribution in [1.82, 2.24) is 14.5 Å². The molecule has 0 aliphatic heterocycles. The molecule has 0 bridgehead atoms. The van der Waals surface area contributed by atoms with Crippen LogP contribution in [0, 0.1) is 3.57 Å². The van der Waals surface area contributed by atoms with Gasteiger partial charge in [-0.1, -0.05) is 49.8 Å². The number of anilines is 1. The van der Waals surface area contributed by atoms with Crippen LogP contribution >= 0.6 is 22.6 Å². The predicted octanol–water partition coefficient (Wildman–Crippen LogP) is 7.13. The zero-order valence-corrected chi connectivity index (χ0v) is 25.7. The van der Waals surface area contributed by atoms with Crippen LogP contribution in [0.25, 0.3) is 5.69 Å². The smallest absolute Gasteiger partial charge is 0.410 e. The van der Waals surface area contributed by atoms with Crippen molar-refractivity contribution >= 4 is 40.4 Å². The molecular formula is C31H37IN4O4. The second-order valence-corrected chi connectivity index (χ2v) is 11.6. The number of carbonyl (C=O) groups is 2. The Labute approximate surface area is 249 Å². The first kappa shape index (κ1) is 31.1. The number of amides is 2. The topological polar surface area (TPSA) is 93.5 Å². The van der Waals surface area contributed by atoms with Gasteiger partial charge in [0.15, 0.2) is 5.82 Å². The number of aromatic nitrogens is 2. The average molecular weight is 657 g/mol. The fraction of sp³-hybridized carbons (Fsp3) is 0.355. The summed E-state index contributed by atoms with van der Waals surface area (Å²) in [7, 11) is 0. The third kappa shape index (κ3) is 8.51. The number of nitrogens with one attached hydrogen (secondary N) is 1. The van der Waals surface area contributed by atoms with Crippen molar-refractivity contribution in [1.29, 1.82) is 0 Å². The summed E-state index contributed by atoms with van der Waals surface area (Å²) in [5.41, 5.74) is 0.921. The number of ether oxygens (including phenoxy) is 1. The van der Waals surface area contributed by atoms with Crippen molar-refractivity contribution in [2.24, 2.45) is 0 Å². The maximum atomic E-state index is 13.2. The molecule has 8 nitrogen and oxygen atoms in total. The molecule has 2 amide bonds. The van der Waals surface area contributed by atoms with Gasteiger partial charge in [-0.25, -0.2) is 9.59 Å². The van der Waals surface area contributed by atoms with Crippen molar-refractivity contribution in [3.8, 4) is 5.69 Å². The monoisotopic (exact) mass is 656 g/mol. The van der Waals surface area contributed by atoms with Gasteiger partial charge < -0.3 is 15.0 Å². The first-order chi connectivity index (χ1) is 19.0. The Morgan fingerprint density at radius 1 is 1.15 bits per heavy atom. The number of benzene rings is 2. The Morgan fingerprint density at radius 2 is 1.82 bits per heavy atom. The van der Waals surface area contributed by atoms with Crippen LogP contribution in [0.2, 0.25) is 0 Å². The molecule has 0 saturated heterocycles. The number of hydrogen-bond acceptors (Lipinski definition) is 5. The maximum absolute atomic E-state index is 13.2. The minimum Gasteiger partial charge on any atom is -0.444 e. The van der Waals surface area contributed by atoms with Gasteiger partial charge in [-0.2, -0.15) is 4.98 Å². The summed E-state index contributed by atoms with van der Waals surface area (Å²) in [5, 5.41) is 2.72. The van der Waals surface area contributed by atoms with Gasteiger partial charge in [-0.15, -0.1) is 6.58 Å². The minimum absolute atomic E-state index is 0.209. The summed E-state index contributed by atoms with van der Waals surface area (Å²) in [5.74, 6) is -0.128. The molecule has 0 radical (unpaired) electrons. The van der Waals surface area contributed by atoms with Gasteiger partial charge in [0.2, 0.25) is 0 Å². The lowest BCUT2D eigenvalue weighted by Gasteiger charge is -2.34. The van der Waals surface area contributed by atoms with E-state index in [2.05, 4.69) is 23.8 Å². The first-order valence-corrected chi connectivity index (χ1v) is 14.5. The number of carbonyl (C=O) groups excluding carboxylic acids is 2. The van der Waals surface area contributed by atoms with Crippen LogP contribution in [0.1, 0.15) is 75.3 Å². The zero-order chi connectivity index (χ0) is 29.3. The van der Waals surface area contributed by atoms with E-state index in [1.807, 2.05) is 79.8 Å². The van der Waals surface area contributed by atoms with E-state index in [9.17, 15) is 14.4 Å². The minimum atomic E-state index is -0.605. The third-order valence-corrected chi connectivity index (χ3v) is 6.90. The summed E-state index contributed by atoms with van der Waals surface area (Å²) in [6.07, 6.45) is 6.38. The predicted molar refractivity (Wildman–Crippen MR) is 167 cm³/mol. The Morgan fingerprint density at radius 3 is 2.42 bits per heavy atom. The number of nitrogens with zero attached hydrogens (tertiary/aromatic N) is 3. The summed E-state index contributed by atoms with van der Waals surface area (Å²) in [4.78, 5) is 44.6. The van der Waals surface area contributed by atoms with Crippen LogP contribution in [-0.2, 0) is 4.74 Å². The molecule has 40 heavy (non-hydrogen) atoms. The summed E-state index contributed by atoms with van der Waals surface area (Å²) >= 11 is 2.05. The molecule has 0 aliphatic rings. The molecule has 3 rings (SSSR count). The van der Waals surface area contributed by atoms with Gasteiger partial charge in [0.1, 0.15) is 5.60 Å². The third-order valence-electron chi connectivity index (χ3n) is 6.11. The number of hydrogen-bond donors (Lipinski definition) is 1. The zero-order valence-electron chi connectivity index (χ0n) is 23.5. The molecule has 3 aromatic rings. The van der Waals surface area contributed by atoms with Crippen LogP contribution in [0.5, 0.6) is 0 Å². The van der Waals surface area contributed by atoms with Crippen molar-refractivity contribution in [2.45, 2.75) is 65.0 Å². The van der Waals surface area contributed by atoms with E-state index in [0.29, 0.717) is 27.8 Å². The molecule has 1 aromatic heterocycles. The summed E-state index contributed by atoms with van der Waals surface area (Å²) in [6, 6.07) is 16.1. The molecule has 0 spiro atoms. The second-order valence-electron chi connectivity index (χ2n) is 10.4. The Balaban J connectivity index is 1.89. The quantitative estimate of drug-likeness (QED) is 0.175. The number of halogens is 1.